The summed E-state index contributed by atoms with van der Waals surface area (Å²) in [4.78, 5) is 12.4. The van der Waals surface area contributed by atoms with E-state index in [4.69, 9.17) is 9.47 Å². The number of benzene rings is 2. The van der Waals surface area contributed by atoms with Gasteiger partial charge in [-0.1, -0.05) is 65.5 Å². The van der Waals surface area contributed by atoms with Crippen molar-refractivity contribution in [3.8, 4) is 11.5 Å². The van der Waals surface area contributed by atoms with Gasteiger partial charge >= 0.3 is 5.97 Å². The lowest BCUT2D eigenvalue weighted by atomic mass is 9.82. The molecule has 0 unspecified atom stereocenters. The van der Waals surface area contributed by atoms with Crippen LogP contribution in [0.25, 0.3) is 0 Å². The Hall–Kier alpha value is -2.29. The van der Waals surface area contributed by atoms with Gasteiger partial charge in [0.15, 0.2) is 0 Å². The van der Waals surface area contributed by atoms with Crippen molar-refractivity contribution >= 4 is 5.97 Å². The van der Waals surface area contributed by atoms with E-state index >= 15 is 0 Å². The molecule has 0 atom stereocenters. The number of rotatable bonds is 11. The molecule has 0 bridgehead atoms. The van der Waals surface area contributed by atoms with Crippen molar-refractivity contribution in [1.29, 1.82) is 0 Å². The second-order valence-corrected chi connectivity index (χ2v) is 7.94. The predicted octanol–water partition coefficient (Wildman–Crippen LogP) is 6.94. The van der Waals surface area contributed by atoms with Crippen LogP contribution in [0.4, 0.5) is 0 Å². The number of unbranched alkanes of at least 4 members (excludes halogenated alkanes) is 4. The Morgan fingerprint density at radius 2 is 1.43 bits per heavy atom. The Balaban J connectivity index is 1.84. The molecule has 0 fully saturated rings. The van der Waals surface area contributed by atoms with Crippen LogP contribution >= 0.6 is 0 Å². The normalized spacial score (nSPS) is 11.3. The smallest absolute Gasteiger partial charge is 0.343 e. The first-order valence-corrected chi connectivity index (χ1v) is 10.5. The third-order valence-corrected chi connectivity index (χ3v) is 5.34. The van der Waals surface area contributed by atoms with Crippen LogP contribution in [0.2, 0.25) is 0 Å². The fourth-order valence-electron chi connectivity index (χ4n) is 2.93. The van der Waals surface area contributed by atoms with E-state index in [1.54, 1.807) is 12.1 Å². The SMILES string of the molecule is CCCCCCCOc1ccc(C(=O)Oc2ccc(C(C)(C)CC)cc2)cc1. The highest BCUT2D eigenvalue weighted by molar-refractivity contribution is 5.91. The first-order valence-electron chi connectivity index (χ1n) is 10.5. The maximum atomic E-state index is 12.4. The number of ether oxygens (including phenoxy) is 2. The third kappa shape index (κ3) is 6.70. The minimum Gasteiger partial charge on any atom is -0.494 e. The number of esters is 1. The molecule has 0 amide bonds. The van der Waals surface area contributed by atoms with E-state index < -0.39 is 0 Å². The average molecular weight is 383 g/mol. The van der Waals surface area contributed by atoms with E-state index in [0.717, 1.165) is 18.6 Å². The lowest BCUT2D eigenvalue weighted by molar-refractivity contribution is 0.0734. The first-order chi connectivity index (χ1) is 13.5. The second kappa shape index (κ2) is 10.9. The molecule has 0 aromatic heterocycles. The van der Waals surface area contributed by atoms with Crippen LogP contribution in [-0.2, 0) is 5.41 Å². The minimum atomic E-state index is -0.353. The van der Waals surface area contributed by atoms with E-state index in [1.807, 2.05) is 36.4 Å². The molecular weight excluding hydrogens is 348 g/mol. The van der Waals surface area contributed by atoms with Gasteiger partial charge in [0.1, 0.15) is 11.5 Å². The summed E-state index contributed by atoms with van der Waals surface area (Å²) in [5.74, 6) is 1.000. The molecule has 0 aliphatic heterocycles. The van der Waals surface area contributed by atoms with Gasteiger partial charge in [-0.25, -0.2) is 4.79 Å². The second-order valence-electron chi connectivity index (χ2n) is 7.94. The molecule has 0 radical (unpaired) electrons. The molecule has 2 rings (SSSR count). The quantitative estimate of drug-likeness (QED) is 0.240. The maximum absolute atomic E-state index is 12.4. The molecule has 0 N–H and O–H groups in total. The zero-order chi connectivity index (χ0) is 20.4. The first kappa shape index (κ1) is 22.0. The number of hydrogen-bond donors (Lipinski definition) is 0. The summed E-state index contributed by atoms with van der Waals surface area (Å²) in [5.41, 5.74) is 1.88. The molecular formula is C25H34O3. The Labute approximate surface area is 170 Å². The van der Waals surface area contributed by atoms with Crippen molar-refractivity contribution in [2.75, 3.05) is 6.61 Å². The van der Waals surface area contributed by atoms with Crippen molar-refractivity contribution in [3.63, 3.8) is 0 Å². The Morgan fingerprint density at radius 1 is 0.821 bits per heavy atom. The van der Waals surface area contributed by atoms with Gasteiger partial charge in [0.05, 0.1) is 12.2 Å². The number of carbonyl (C=O) groups excluding carboxylic acids is 1. The Morgan fingerprint density at radius 3 is 2.04 bits per heavy atom. The van der Waals surface area contributed by atoms with E-state index in [1.165, 1.54) is 31.2 Å². The van der Waals surface area contributed by atoms with Crippen LogP contribution in [-0.4, -0.2) is 12.6 Å². The van der Waals surface area contributed by atoms with Crippen molar-refractivity contribution in [2.24, 2.45) is 0 Å². The summed E-state index contributed by atoms with van der Waals surface area (Å²) in [6.07, 6.45) is 7.12. The molecule has 152 valence electrons. The van der Waals surface area contributed by atoms with Gasteiger partial charge in [-0.3, -0.25) is 0 Å². The van der Waals surface area contributed by atoms with Crippen molar-refractivity contribution < 1.29 is 14.3 Å². The molecule has 0 spiro atoms. The Bertz CT molecular complexity index is 714. The van der Waals surface area contributed by atoms with E-state index in [9.17, 15) is 4.79 Å². The van der Waals surface area contributed by atoms with Gasteiger partial charge in [-0.2, -0.15) is 0 Å². The van der Waals surface area contributed by atoms with Crippen LogP contribution in [0.5, 0.6) is 11.5 Å². The van der Waals surface area contributed by atoms with Gasteiger partial charge in [-0.15, -0.1) is 0 Å². The zero-order valence-electron chi connectivity index (χ0n) is 17.8. The lowest BCUT2D eigenvalue weighted by Gasteiger charge is -2.23. The van der Waals surface area contributed by atoms with Crippen molar-refractivity contribution in [1.82, 2.24) is 0 Å². The highest BCUT2D eigenvalue weighted by Gasteiger charge is 2.18. The van der Waals surface area contributed by atoms with Gasteiger partial charge in [-0.05, 0) is 60.2 Å². The van der Waals surface area contributed by atoms with Gasteiger partial charge in [0, 0.05) is 0 Å². The highest BCUT2D eigenvalue weighted by Crippen LogP contribution is 2.28. The molecule has 28 heavy (non-hydrogen) atoms. The monoisotopic (exact) mass is 382 g/mol. The molecule has 0 saturated heterocycles. The van der Waals surface area contributed by atoms with Crippen molar-refractivity contribution in [2.45, 2.75) is 71.6 Å². The molecule has 0 saturated carbocycles. The van der Waals surface area contributed by atoms with Crippen molar-refractivity contribution in [3.05, 3.63) is 59.7 Å². The van der Waals surface area contributed by atoms with Gasteiger partial charge in [0.25, 0.3) is 0 Å². The maximum Gasteiger partial charge on any atom is 0.343 e. The summed E-state index contributed by atoms with van der Waals surface area (Å²) in [6, 6.07) is 15.0. The number of hydrogen-bond acceptors (Lipinski definition) is 3. The standard InChI is InChI=1S/C25H34O3/c1-5-7-8-9-10-19-27-22-15-11-20(12-16-22)24(26)28-23-17-13-21(14-18-23)25(3,4)6-2/h11-18H,5-10,19H2,1-4H3. The fourth-order valence-corrected chi connectivity index (χ4v) is 2.93. The molecule has 0 aliphatic rings. The highest BCUT2D eigenvalue weighted by atomic mass is 16.5. The molecule has 0 aliphatic carbocycles. The van der Waals surface area contributed by atoms with E-state index in [-0.39, 0.29) is 11.4 Å². The van der Waals surface area contributed by atoms with E-state index in [0.29, 0.717) is 17.9 Å². The average Bonchev–Trinajstić information content (AvgIpc) is 2.71. The lowest BCUT2D eigenvalue weighted by Crippen LogP contribution is -2.15. The van der Waals surface area contributed by atoms with Gasteiger partial charge in [0.2, 0.25) is 0 Å². The van der Waals surface area contributed by atoms with Crippen LogP contribution in [0.15, 0.2) is 48.5 Å². The predicted molar refractivity (Wildman–Crippen MR) is 115 cm³/mol. The summed E-state index contributed by atoms with van der Waals surface area (Å²) >= 11 is 0. The van der Waals surface area contributed by atoms with Gasteiger partial charge < -0.3 is 9.47 Å². The summed E-state index contributed by atoms with van der Waals surface area (Å²) in [6.45, 7) is 9.53. The summed E-state index contributed by atoms with van der Waals surface area (Å²) in [7, 11) is 0. The van der Waals surface area contributed by atoms with Crippen LogP contribution in [0.1, 0.15) is 82.1 Å². The molecule has 3 nitrogen and oxygen atoms in total. The van der Waals surface area contributed by atoms with Crippen LogP contribution in [0, 0.1) is 0 Å². The number of carbonyl (C=O) groups is 1. The third-order valence-electron chi connectivity index (χ3n) is 5.34. The minimum absolute atomic E-state index is 0.119. The summed E-state index contributed by atoms with van der Waals surface area (Å²) in [5, 5.41) is 0. The van der Waals surface area contributed by atoms with E-state index in [2.05, 4.69) is 27.7 Å². The fraction of sp³-hybridized carbons (Fsp3) is 0.480. The molecule has 0 heterocycles. The van der Waals surface area contributed by atoms with Crippen LogP contribution < -0.4 is 9.47 Å². The summed E-state index contributed by atoms with van der Waals surface area (Å²) < 4.78 is 11.2. The van der Waals surface area contributed by atoms with Crippen LogP contribution in [0.3, 0.4) is 0 Å². The largest absolute Gasteiger partial charge is 0.494 e. The topological polar surface area (TPSA) is 35.5 Å². The zero-order valence-corrected chi connectivity index (χ0v) is 17.8. The molecule has 2 aromatic carbocycles. The molecule has 2 aromatic rings. The molecule has 3 heteroatoms. The Kier molecular flexibility index (Phi) is 8.56.